The van der Waals surface area contributed by atoms with Crippen LogP contribution in [0.4, 0.5) is 0 Å². The highest BCUT2D eigenvalue weighted by Crippen LogP contribution is 2.52. The summed E-state index contributed by atoms with van der Waals surface area (Å²) in [4.78, 5) is 0. The lowest BCUT2D eigenvalue weighted by Gasteiger charge is -2.55. The Morgan fingerprint density at radius 3 is 2.70 bits per heavy atom. The predicted molar refractivity (Wildman–Crippen MR) is 83.6 cm³/mol. The first-order valence-electron chi connectivity index (χ1n) is 8.47. The molecule has 20 heavy (non-hydrogen) atoms. The van der Waals surface area contributed by atoms with E-state index in [4.69, 9.17) is 4.74 Å². The van der Waals surface area contributed by atoms with Crippen molar-refractivity contribution in [2.24, 2.45) is 23.2 Å². The number of ether oxygens (including phenoxy) is 1. The molecule has 1 aliphatic heterocycles. The normalized spacial score (nSPS) is 40.5. The zero-order valence-corrected chi connectivity index (χ0v) is 13.7. The summed E-state index contributed by atoms with van der Waals surface area (Å²) in [7, 11) is 0. The molecule has 116 valence electrons. The van der Waals surface area contributed by atoms with Crippen LogP contribution >= 0.6 is 0 Å². The number of unbranched alkanes of at least 4 members (excludes halogenated alkanes) is 3. The van der Waals surface area contributed by atoms with Crippen LogP contribution < -0.4 is 0 Å². The molecule has 0 aromatic carbocycles. The van der Waals surface area contributed by atoms with Crippen LogP contribution in [0.1, 0.15) is 59.8 Å². The second-order valence-corrected chi connectivity index (χ2v) is 7.10. The van der Waals surface area contributed by atoms with Crippen LogP contribution in [0.2, 0.25) is 0 Å². The monoisotopic (exact) mass is 280 g/mol. The topological polar surface area (TPSA) is 29.5 Å². The van der Waals surface area contributed by atoms with Crippen molar-refractivity contribution >= 4 is 0 Å². The van der Waals surface area contributed by atoms with Crippen molar-refractivity contribution in [1.29, 1.82) is 0 Å². The van der Waals surface area contributed by atoms with Crippen LogP contribution in [0.25, 0.3) is 0 Å². The van der Waals surface area contributed by atoms with Gasteiger partial charge in [-0.05, 0) is 25.2 Å². The van der Waals surface area contributed by atoms with Crippen molar-refractivity contribution in [2.75, 3.05) is 13.2 Å². The van der Waals surface area contributed by atoms with Gasteiger partial charge in [0.2, 0.25) is 0 Å². The third-order valence-corrected chi connectivity index (χ3v) is 5.99. The van der Waals surface area contributed by atoms with E-state index in [1.807, 2.05) is 0 Å². The molecule has 1 fully saturated rings. The van der Waals surface area contributed by atoms with Crippen molar-refractivity contribution in [3.8, 4) is 0 Å². The molecule has 0 aromatic rings. The van der Waals surface area contributed by atoms with E-state index in [1.54, 1.807) is 0 Å². The summed E-state index contributed by atoms with van der Waals surface area (Å²) in [6.45, 7) is 10.0. The van der Waals surface area contributed by atoms with Gasteiger partial charge < -0.3 is 9.84 Å². The number of rotatable bonds is 6. The molecule has 2 bridgehead atoms. The fraction of sp³-hybridized carbons (Fsp3) is 0.889. The first-order chi connectivity index (χ1) is 9.56. The smallest absolute Gasteiger partial charge is 0.0643 e. The molecule has 0 aromatic heterocycles. The third-order valence-electron chi connectivity index (χ3n) is 5.99. The lowest BCUT2D eigenvalue weighted by atomic mass is 9.56. The maximum Gasteiger partial charge on any atom is 0.0643 e. The minimum atomic E-state index is -0.0515. The Kier molecular flexibility index (Phi) is 5.30. The van der Waals surface area contributed by atoms with Gasteiger partial charge in [-0.2, -0.15) is 0 Å². The molecule has 1 heterocycles. The van der Waals surface area contributed by atoms with Crippen molar-refractivity contribution in [1.82, 2.24) is 0 Å². The number of hydrogen-bond acceptors (Lipinski definition) is 2. The van der Waals surface area contributed by atoms with Gasteiger partial charge in [-0.15, -0.1) is 0 Å². The zero-order valence-electron chi connectivity index (χ0n) is 13.7. The fourth-order valence-electron chi connectivity index (χ4n) is 4.45. The summed E-state index contributed by atoms with van der Waals surface area (Å²) in [5.41, 5.74) is 1.43. The van der Waals surface area contributed by atoms with Crippen molar-refractivity contribution < 1.29 is 9.84 Å². The Hall–Kier alpha value is -0.340. The Bertz CT molecular complexity index is 349. The van der Waals surface area contributed by atoms with Crippen molar-refractivity contribution in [3.05, 3.63) is 11.6 Å². The van der Waals surface area contributed by atoms with Crippen LogP contribution in [0.5, 0.6) is 0 Å². The molecule has 0 unspecified atom stereocenters. The second kappa shape index (κ2) is 6.62. The molecule has 0 radical (unpaired) electrons. The summed E-state index contributed by atoms with van der Waals surface area (Å²) in [6, 6.07) is 0. The predicted octanol–water partition coefficient (Wildman–Crippen LogP) is 4.18. The van der Waals surface area contributed by atoms with E-state index < -0.39 is 0 Å². The molecule has 5 atom stereocenters. The van der Waals surface area contributed by atoms with Gasteiger partial charge in [-0.25, -0.2) is 0 Å². The maximum atomic E-state index is 9.94. The molecule has 0 amide bonds. The summed E-state index contributed by atoms with van der Waals surface area (Å²) < 4.78 is 6.23. The number of fused-ring (bicyclic) bond motifs is 2. The first kappa shape index (κ1) is 16.0. The van der Waals surface area contributed by atoms with Gasteiger partial charge in [0.25, 0.3) is 0 Å². The van der Waals surface area contributed by atoms with Gasteiger partial charge in [0.05, 0.1) is 19.3 Å². The first-order valence-corrected chi connectivity index (χ1v) is 8.47. The SMILES string of the molecule is CCCCCC[C@H]1OC[C@@]2(CO)[C@H](C)C=C(C)[C@H]1[C@@H]2C. The van der Waals surface area contributed by atoms with Crippen LogP contribution in [0.15, 0.2) is 11.6 Å². The summed E-state index contributed by atoms with van der Waals surface area (Å²) in [5.74, 6) is 1.45. The molecule has 2 aliphatic rings. The highest BCUT2D eigenvalue weighted by molar-refractivity contribution is 5.20. The lowest BCUT2D eigenvalue weighted by Crippen LogP contribution is -2.56. The number of aliphatic hydroxyl groups excluding tert-OH is 1. The van der Waals surface area contributed by atoms with Crippen LogP contribution in [-0.4, -0.2) is 24.4 Å². The molecular formula is C18H32O2. The van der Waals surface area contributed by atoms with E-state index in [9.17, 15) is 5.11 Å². The van der Waals surface area contributed by atoms with Crippen LogP contribution in [0, 0.1) is 23.2 Å². The second-order valence-electron chi connectivity index (χ2n) is 7.10. The van der Waals surface area contributed by atoms with Gasteiger partial charge in [-0.3, -0.25) is 0 Å². The Morgan fingerprint density at radius 2 is 2.05 bits per heavy atom. The number of aliphatic hydroxyl groups is 1. The Balaban J connectivity index is 2.08. The van der Waals surface area contributed by atoms with Crippen LogP contribution in [-0.2, 0) is 4.74 Å². The maximum absolute atomic E-state index is 9.94. The average Bonchev–Trinajstić information content (AvgIpc) is 2.42. The average molecular weight is 280 g/mol. The molecular weight excluding hydrogens is 248 g/mol. The molecule has 2 nitrogen and oxygen atoms in total. The minimum absolute atomic E-state index is 0.0515. The Morgan fingerprint density at radius 1 is 1.30 bits per heavy atom. The number of allylic oxidation sites excluding steroid dienone is 1. The van der Waals surface area contributed by atoms with Gasteiger partial charge in [0.1, 0.15) is 0 Å². The van der Waals surface area contributed by atoms with Gasteiger partial charge in [0, 0.05) is 11.3 Å². The quantitative estimate of drug-likeness (QED) is 0.584. The molecule has 1 N–H and O–H groups in total. The minimum Gasteiger partial charge on any atom is -0.396 e. The van der Waals surface area contributed by atoms with Crippen molar-refractivity contribution in [2.45, 2.75) is 65.9 Å². The van der Waals surface area contributed by atoms with Gasteiger partial charge >= 0.3 is 0 Å². The van der Waals surface area contributed by atoms with Crippen molar-refractivity contribution in [3.63, 3.8) is 0 Å². The van der Waals surface area contributed by atoms with Gasteiger partial charge in [0.15, 0.2) is 0 Å². The van der Waals surface area contributed by atoms with E-state index in [0.29, 0.717) is 23.9 Å². The molecule has 0 saturated carbocycles. The molecule has 2 heteroatoms. The molecule has 0 spiro atoms. The molecule has 1 saturated heterocycles. The van der Waals surface area contributed by atoms with E-state index >= 15 is 0 Å². The summed E-state index contributed by atoms with van der Waals surface area (Å²) >= 11 is 0. The van der Waals surface area contributed by atoms with Crippen LogP contribution in [0.3, 0.4) is 0 Å². The van der Waals surface area contributed by atoms with E-state index in [-0.39, 0.29) is 12.0 Å². The molecule has 1 aliphatic carbocycles. The highest BCUT2D eigenvalue weighted by atomic mass is 16.5. The summed E-state index contributed by atoms with van der Waals surface area (Å²) in [6.07, 6.45) is 9.15. The highest BCUT2D eigenvalue weighted by Gasteiger charge is 2.52. The van der Waals surface area contributed by atoms with Gasteiger partial charge in [-0.1, -0.05) is 58.1 Å². The third kappa shape index (κ3) is 2.69. The van der Waals surface area contributed by atoms with E-state index in [0.717, 1.165) is 6.61 Å². The summed E-state index contributed by atoms with van der Waals surface area (Å²) in [5, 5.41) is 9.94. The largest absolute Gasteiger partial charge is 0.396 e. The number of hydrogen-bond donors (Lipinski definition) is 1. The molecule has 2 rings (SSSR count). The Labute approximate surface area is 124 Å². The fourth-order valence-corrected chi connectivity index (χ4v) is 4.45. The standard InChI is InChI=1S/C18H32O2/c1-5-6-7-8-9-16-17-13(2)10-14(3)18(11-19,12-20-16)15(17)4/h10,14-17,19H,5-9,11-12H2,1-4H3/t14-,15+,16-,17+,18+/m1/s1. The van der Waals surface area contributed by atoms with E-state index in [1.165, 1.54) is 37.7 Å². The lowest BCUT2D eigenvalue weighted by molar-refractivity contribution is -0.164. The van der Waals surface area contributed by atoms with E-state index in [2.05, 4.69) is 33.8 Å². The zero-order chi connectivity index (χ0) is 14.8.